The largest absolute Gasteiger partial charge is 0.370 e. The molecule has 0 atom stereocenters. The fraction of sp³-hybridized carbons (Fsp3) is 0.409. The molecule has 2 N–H and O–H groups in total. The molecule has 1 amide bonds. The molecule has 3 rings (SSSR count). The molecule has 0 radical (unpaired) electrons. The molecule has 0 unspecified atom stereocenters. The first kappa shape index (κ1) is 21.5. The fourth-order valence-electron chi connectivity index (χ4n) is 3.35. The smallest absolute Gasteiger partial charge is 0.251 e. The van der Waals surface area contributed by atoms with Crippen LogP contribution in [-0.2, 0) is 20.3 Å². The van der Waals surface area contributed by atoms with Gasteiger partial charge in [-0.2, -0.15) is 0 Å². The summed E-state index contributed by atoms with van der Waals surface area (Å²) >= 11 is 0. The van der Waals surface area contributed by atoms with E-state index >= 15 is 0 Å². The van der Waals surface area contributed by atoms with E-state index in [4.69, 9.17) is 4.74 Å². The van der Waals surface area contributed by atoms with Crippen LogP contribution in [0.15, 0.2) is 53.4 Å². The van der Waals surface area contributed by atoms with Gasteiger partial charge in [0.2, 0.25) is 0 Å². The monoisotopic (exact) mass is 417 g/mol. The zero-order valence-electron chi connectivity index (χ0n) is 16.8. The average molecular weight is 418 g/mol. The van der Waals surface area contributed by atoms with Crippen molar-refractivity contribution >= 4 is 15.7 Å². The second-order valence-electron chi connectivity index (χ2n) is 7.49. The summed E-state index contributed by atoms with van der Waals surface area (Å²) in [6.45, 7) is 7.26. The fourth-order valence-corrected chi connectivity index (χ4v) is 4.70. The predicted molar refractivity (Wildman–Crippen MR) is 112 cm³/mol. The highest BCUT2D eigenvalue weighted by Crippen LogP contribution is 2.17. The molecule has 7 heteroatoms. The standard InChI is InChI=1S/C22H28N2O4S/c1-18-3-9-21(10-4-18)29(26,27)17-19-5-7-20(8-6-19)22(25)23-11-2-12-24-13-15-28-16-14-24/h3-10H,2,11-17H2,1H3,(H,23,25)/p+1. The van der Waals surface area contributed by atoms with E-state index in [1.165, 1.54) is 4.90 Å². The van der Waals surface area contributed by atoms with Gasteiger partial charge in [-0.3, -0.25) is 4.79 Å². The molecular formula is C22H29N2O4S+. The van der Waals surface area contributed by atoms with Gasteiger partial charge in [0.25, 0.3) is 5.91 Å². The lowest BCUT2D eigenvalue weighted by molar-refractivity contribution is -0.908. The van der Waals surface area contributed by atoms with Gasteiger partial charge in [0.1, 0.15) is 13.1 Å². The number of amides is 1. The first-order chi connectivity index (χ1) is 13.9. The highest BCUT2D eigenvalue weighted by molar-refractivity contribution is 7.90. The summed E-state index contributed by atoms with van der Waals surface area (Å²) in [6.07, 6.45) is 0.925. The summed E-state index contributed by atoms with van der Waals surface area (Å²) in [7, 11) is -3.40. The topological polar surface area (TPSA) is 76.9 Å². The summed E-state index contributed by atoms with van der Waals surface area (Å²) in [5.41, 5.74) is 2.23. The molecule has 0 bridgehead atoms. The average Bonchev–Trinajstić information content (AvgIpc) is 2.72. The molecule has 0 aliphatic carbocycles. The van der Waals surface area contributed by atoms with Crippen molar-refractivity contribution in [3.8, 4) is 0 Å². The van der Waals surface area contributed by atoms with E-state index in [0.717, 1.165) is 44.8 Å². The van der Waals surface area contributed by atoms with E-state index in [2.05, 4.69) is 5.32 Å². The van der Waals surface area contributed by atoms with Crippen molar-refractivity contribution in [2.24, 2.45) is 0 Å². The van der Waals surface area contributed by atoms with Gasteiger partial charge in [-0.15, -0.1) is 0 Å². The second kappa shape index (κ2) is 10.0. The number of benzene rings is 2. The van der Waals surface area contributed by atoms with Crippen molar-refractivity contribution in [2.45, 2.75) is 24.0 Å². The molecular weight excluding hydrogens is 388 g/mol. The van der Waals surface area contributed by atoms with Crippen LogP contribution in [0.25, 0.3) is 0 Å². The first-order valence-corrected chi connectivity index (χ1v) is 11.7. The van der Waals surface area contributed by atoms with Crippen molar-refractivity contribution in [1.29, 1.82) is 0 Å². The molecule has 156 valence electrons. The number of carbonyl (C=O) groups excluding carboxylic acids is 1. The number of ether oxygens (including phenoxy) is 1. The minimum absolute atomic E-state index is 0.0830. The highest BCUT2D eigenvalue weighted by atomic mass is 32.2. The lowest BCUT2D eigenvalue weighted by atomic mass is 10.1. The van der Waals surface area contributed by atoms with Crippen molar-refractivity contribution in [3.63, 3.8) is 0 Å². The van der Waals surface area contributed by atoms with Gasteiger partial charge in [0, 0.05) is 18.5 Å². The van der Waals surface area contributed by atoms with Crippen LogP contribution in [0.4, 0.5) is 0 Å². The Bertz CT molecular complexity index is 903. The summed E-state index contributed by atoms with van der Waals surface area (Å²) in [4.78, 5) is 14.1. The predicted octanol–water partition coefficient (Wildman–Crippen LogP) is 1.00. The van der Waals surface area contributed by atoms with Crippen LogP contribution in [0.3, 0.4) is 0 Å². The molecule has 1 aliphatic rings. The lowest BCUT2D eigenvalue weighted by Crippen LogP contribution is -3.14. The Kier molecular flexibility index (Phi) is 7.41. The number of carbonyl (C=O) groups is 1. The Hall–Kier alpha value is -2.22. The van der Waals surface area contributed by atoms with Crippen LogP contribution in [0, 0.1) is 6.92 Å². The van der Waals surface area contributed by atoms with Crippen LogP contribution < -0.4 is 10.2 Å². The zero-order chi connectivity index (χ0) is 20.7. The summed E-state index contributed by atoms with van der Waals surface area (Å²) in [5, 5.41) is 2.94. The minimum Gasteiger partial charge on any atom is -0.370 e. The van der Waals surface area contributed by atoms with Crippen LogP contribution >= 0.6 is 0 Å². The van der Waals surface area contributed by atoms with Gasteiger partial charge in [0.05, 0.1) is 30.4 Å². The van der Waals surface area contributed by atoms with E-state index in [-0.39, 0.29) is 11.7 Å². The summed E-state index contributed by atoms with van der Waals surface area (Å²) < 4.78 is 30.4. The van der Waals surface area contributed by atoms with Crippen molar-refractivity contribution in [1.82, 2.24) is 5.32 Å². The number of hydrogen-bond acceptors (Lipinski definition) is 4. The van der Waals surface area contributed by atoms with Crippen molar-refractivity contribution in [2.75, 3.05) is 39.4 Å². The maximum absolute atomic E-state index is 12.5. The molecule has 29 heavy (non-hydrogen) atoms. The number of aryl methyl sites for hydroxylation is 1. The van der Waals surface area contributed by atoms with E-state index < -0.39 is 9.84 Å². The number of nitrogens with one attached hydrogen (secondary N) is 2. The molecule has 1 saturated heterocycles. The minimum atomic E-state index is -3.40. The van der Waals surface area contributed by atoms with Gasteiger partial charge < -0.3 is 15.0 Å². The van der Waals surface area contributed by atoms with Gasteiger partial charge >= 0.3 is 0 Å². The third kappa shape index (κ3) is 6.39. The molecule has 0 aromatic heterocycles. The number of quaternary nitrogens is 1. The Labute approximate surface area is 172 Å². The van der Waals surface area contributed by atoms with Gasteiger partial charge in [-0.1, -0.05) is 29.8 Å². The summed E-state index contributed by atoms with van der Waals surface area (Å²) in [5.74, 6) is -0.213. The summed E-state index contributed by atoms with van der Waals surface area (Å²) in [6, 6.07) is 13.6. The Morgan fingerprint density at radius 2 is 1.69 bits per heavy atom. The highest BCUT2D eigenvalue weighted by Gasteiger charge is 2.16. The molecule has 0 saturated carbocycles. The van der Waals surface area contributed by atoms with E-state index in [9.17, 15) is 13.2 Å². The molecule has 6 nitrogen and oxygen atoms in total. The number of hydrogen-bond donors (Lipinski definition) is 2. The number of rotatable bonds is 8. The van der Waals surface area contributed by atoms with Gasteiger partial charge in [-0.25, -0.2) is 8.42 Å². The first-order valence-electron chi connectivity index (χ1n) is 10.0. The van der Waals surface area contributed by atoms with Gasteiger partial charge in [0.15, 0.2) is 9.84 Å². The lowest BCUT2D eigenvalue weighted by Gasteiger charge is -2.23. The number of morpholine rings is 1. The normalized spacial score (nSPS) is 15.2. The molecule has 1 fully saturated rings. The number of sulfone groups is 1. The van der Waals surface area contributed by atoms with Crippen molar-refractivity contribution < 1.29 is 22.8 Å². The van der Waals surface area contributed by atoms with Crippen molar-refractivity contribution in [3.05, 3.63) is 65.2 Å². The SMILES string of the molecule is Cc1ccc(S(=O)(=O)Cc2ccc(C(=O)NCCC[NH+]3CCOCC3)cc2)cc1. The van der Waals surface area contributed by atoms with Gasteiger partial charge in [-0.05, 0) is 36.8 Å². The molecule has 1 heterocycles. The molecule has 2 aromatic rings. The third-order valence-electron chi connectivity index (χ3n) is 5.15. The quantitative estimate of drug-likeness (QED) is 0.629. The maximum Gasteiger partial charge on any atom is 0.251 e. The van der Waals surface area contributed by atoms with E-state index in [1.807, 2.05) is 6.92 Å². The molecule has 0 spiro atoms. The van der Waals surface area contributed by atoms with Crippen LogP contribution in [0.1, 0.15) is 27.9 Å². The van der Waals surface area contributed by atoms with Crippen LogP contribution in [0.5, 0.6) is 0 Å². The van der Waals surface area contributed by atoms with E-state index in [0.29, 0.717) is 22.6 Å². The Morgan fingerprint density at radius 3 is 2.34 bits per heavy atom. The second-order valence-corrected chi connectivity index (χ2v) is 9.48. The maximum atomic E-state index is 12.5. The molecule has 1 aliphatic heterocycles. The van der Waals surface area contributed by atoms with Crippen LogP contribution in [-0.4, -0.2) is 53.7 Å². The third-order valence-corrected chi connectivity index (χ3v) is 6.85. The van der Waals surface area contributed by atoms with Crippen LogP contribution in [0.2, 0.25) is 0 Å². The Balaban J connectivity index is 1.48. The Morgan fingerprint density at radius 1 is 1.03 bits per heavy atom. The molecule has 2 aromatic carbocycles. The van der Waals surface area contributed by atoms with E-state index in [1.54, 1.807) is 48.5 Å². The zero-order valence-corrected chi connectivity index (χ0v) is 17.6.